The number of rotatable bonds is 6. The zero-order chi connectivity index (χ0) is 14.4. The van der Waals surface area contributed by atoms with Gasteiger partial charge >= 0.3 is 0 Å². The van der Waals surface area contributed by atoms with Gasteiger partial charge in [0, 0.05) is 27.5 Å². The highest BCUT2D eigenvalue weighted by atomic mass is 79.9. The minimum absolute atomic E-state index is 0.143. The van der Waals surface area contributed by atoms with Gasteiger partial charge in [-0.1, -0.05) is 12.1 Å². The van der Waals surface area contributed by atoms with E-state index in [1.807, 2.05) is 18.2 Å². The van der Waals surface area contributed by atoms with E-state index >= 15 is 0 Å². The predicted molar refractivity (Wildman–Crippen MR) is 83.5 cm³/mol. The van der Waals surface area contributed by atoms with Crippen LogP contribution in [0.2, 0.25) is 0 Å². The number of benzene rings is 1. The Hall–Kier alpha value is -1.15. The van der Waals surface area contributed by atoms with Crippen molar-refractivity contribution in [2.45, 2.75) is 10.9 Å². The molecule has 20 heavy (non-hydrogen) atoms. The topological polar surface area (TPSA) is 73.1 Å². The van der Waals surface area contributed by atoms with Gasteiger partial charge in [-0.05, 0) is 28.1 Å². The molecule has 3 N–H and O–H groups in total. The van der Waals surface area contributed by atoms with Crippen molar-refractivity contribution in [3.8, 4) is 5.88 Å². The van der Waals surface area contributed by atoms with Gasteiger partial charge in [0.15, 0.2) is 0 Å². The standard InChI is InChI=1S/C13H15BrN4OS/c1-19-13-12(16-6-7-17-13)10(18-15)8-20-11-5-3-2-4-9(11)14/h2-7,10,18H,8,15H2,1H3. The first-order valence-corrected chi connectivity index (χ1v) is 7.72. The Labute approximate surface area is 130 Å². The van der Waals surface area contributed by atoms with E-state index in [0.29, 0.717) is 17.3 Å². The summed E-state index contributed by atoms with van der Waals surface area (Å²) in [5.74, 6) is 6.84. The van der Waals surface area contributed by atoms with Crippen LogP contribution < -0.4 is 16.0 Å². The Morgan fingerprint density at radius 1 is 1.35 bits per heavy atom. The third-order valence-electron chi connectivity index (χ3n) is 2.66. The van der Waals surface area contributed by atoms with Gasteiger partial charge in [0.25, 0.3) is 0 Å². The van der Waals surface area contributed by atoms with Gasteiger partial charge in [0.05, 0.1) is 13.2 Å². The van der Waals surface area contributed by atoms with E-state index in [2.05, 4.69) is 37.4 Å². The Morgan fingerprint density at radius 2 is 2.10 bits per heavy atom. The summed E-state index contributed by atoms with van der Waals surface area (Å²) in [6.07, 6.45) is 3.22. The molecule has 0 radical (unpaired) electrons. The van der Waals surface area contributed by atoms with Gasteiger partial charge in [0.2, 0.25) is 5.88 Å². The maximum atomic E-state index is 5.63. The molecular formula is C13H15BrN4OS. The lowest BCUT2D eigenvalue weighted by Crippen LogP contribution is -2.30. The number of hydrogen-bond donors (Lipinski definition) is 2. The Bertz CT molecular complexity index is 570. The van der Waals surface area contributed by atoms with E-state index in [4.69, 9.17) is 10.6 Å². The molecule has 1 unspecified atom stereocenters. The van der Waals surface area contributed by atoms with Gasteiger partial charge < -0.3 is 4.74 Å². The van der Waals surface area contributed by atoms with Gasteiger partial charge in [0.1, 0.15) is 5.69 Å². The normalized spacial score (nSPS) is 12.2. The highest BCUT2D eigenvalue weighted by Crippen LogP contribution is 2.31. The van der Waals surface area contributed by atoms with Crippen LogP contribution in [0.15, 0.2) is 46.0 Å². The van der Waals surface area contributed by atoms with E-state index in [9.17, 15) is 0 Å². The first-order valence-electron chi connectivity index (χ1n) is 5.94. The van der Waals surface area contributed by atoms with Crippen molar-refractivity contribution in [3.05, 3.63) is 46.8 Å². The fourth-order valence-corrected chi connectivity index (χ4v) is 3.28. The van der Waals surface area contributed by atoms with Crippen molar-refractivity contribution in [1.82, 2.24) is 15.4 Å². The molecule has 0 saturated carbocycles. The second-order valence-electron chi connectivity index (χ2n) is 3.91. The maximum Gasteiger partial charge on any atom is 0.237 e. The molecule has 0 aliphatic carbocycles. The van der Waals surface area contributed by atoms with Gasteiger partial charge in [-0.15, -0.1) is 11.8 Å². The smallest absolute Gasteiger partial charge is 0.237 e. The molecule has 0 saturated heterocycles. The molecule has 2 rings (SSSR count). The van der Waals surface area contributed by atoms with E-state index in [1.54, 1.807) is 31.3 Å². The molecule has 106 valence electrons. The van der Waals surface area contributed by atoms with Crippen LogP contribution in [0.5, 0.6) is 5.88 Å². The summed E-state index contributed by atoms with van der Waals surface area (Å²) in [6.45, 7) is 0. The summed E-state index contributed by atoms with van der Waals surface area (Å²) in [7, 11) is 1.57. The molecule has 1 atom stereocenters. The van der Waals surface area contributed by atoms with Gasteiger partial charge in [-0.3, -0.25) is 16.3 Å². The summed E-state index contributed by atoms with van der Waals surface area (Å²) < 4.78 is 6.28. The minimum atomic E-state index is -0.143. The quantitative estimate of drug-likeness (QED) is 0.471. The summed E-state index contributed by atoms with van der Waals surface area (Å²) in [4.78, 5) is 9.59. The summed E-state index contributed by atoms with van der Waals surface area (Å²) in [5.41, 5.74) is 3.47. The number of ether oxygens (including phenoxy) is 1. The molecule has 7 heteroatoms. The number of hydrazine groups is 1. The molecule has 0 bridgehead atoms. The number of nitrogens with two attached hydrogens (primary N) is 1. The largest absolute Gasteiger partial charge is 0.480 e. The molecular weight excluding hydrogens is 340 g/mol. The first kappa shape index (κ1) is 15.2. The minimum Gasteiger partial charge on any atom is -0.480 e. The molecule has 1 heterocycles. The van der Waals surface area contributed by atoms with Crippen molar-refractivity contribution >= 4 is 27.7 Å². The van der Waals surface area contributed by atoms with Crippen LogP contribution in [0.3, 0.4) is 0 Å². The van der Waals surface area contributed by atoms with Crippen LogP contribution in [0.1, 0.15) is 11.7 Å². The fraction of sp³-hybridized carbons (Fsp3) is 0.231. The average Bonchev–Trinajstić information content (AvgIpc) is 2.50. The van der Waals surface area contributed by atoms with Crippen molar-refractivity contribution in [1.29, 1.82) is 0 Å². The molecule has 0 aliphatic heterocycles. The molecule has 5 nitrogen and oxygen atoms in total. The predicted octanol–water partition coefficient (Wildman–Crippen LogP) is 2.54. The molecule has 1 aromatic heterocycles. The first-order chi connectivity index (χ1) is 9.76. The third kappa shape index (κ3) is 3.69. The molecule has 0 spiro atoms. The van der Waals surface area contributed by atoms with E-state index in [1.165, 1.54) is 0 Å². The summed E-state index contributed by atoms with van der Waals surface area (Å²) in [6, 6.07) is 7.90. The van der Waals surface area contributed by atoms with Crippen molar-refractivity contribution in [3.63, 3.8) is 0 Å². The second-order valence-corrected chi connectivity index (χ2v) is 5.83. The zero-order valence-electron chi connectivity index (χ0n) is 10.9. The lowest BCUT2D eigenvalue weighted by atomic mass is 10.2. The number of thioether (sulfide) groups is 1. The lowest BCUT2D eigenvalue weighted by Gasteiger charge is -2.16. The molecule has 1 aromatic carbocycles. The van der Waals surface area contributed by atoms with Crippen LogP contribution in [0.4, 0.5) is 0 Å². The monoisotopic (exact) mass is 354 g/mol. The zero-order valence-corrected chi connectivity index (χ0v) is 13.3. The Morgan fingerprint density at radius 3 is 2.80 bits per heavy atom. The number of halogens is 1. The number of hydrogen-bond acceptors (Lipinski definition) is 6. The highest BCUT2D eigenvalue weighted by molar-refractivity contribution is 9.10. The summed E-state index contributed by atoms with van der Waals surface area (Å²) >= 11 is 5.21. The number of methoxy groups -OCH3 is 1. The van der Waals surface area contributed by atoms with Crippen molar-refractivity contribution in [2.75, 3.05) is 12.9 Å². The van der Waals surface area contributed by atoms with Crippen LogP contribution in [-0.2, 0) is 0 Å². The number of nitrogens with one attached hydrogen (secondary N) is 1. The van der Waals surface area contributed by atoms with Crippen LogP contribution in [-0.4, -0.2) is 22.8 Å². The average molecular weight is 355 g/mol. The fourth-order valence-electron chi connectivity index (χ4n) is 1.67. The highest BCUT2D eigenvalue weighted by Gasteiger charge is 2.18. The lowest BCUT2D eigenvalue weighted by molar-refractivity contribution is 0.381. The second kappa shape index (κ2) is 7.58. The maximum absolute atomic E-state index is 5.63. The van der Waals surface area contributed by atoms with Crippen LogP contribution in [0, 0.1) is 0 Å². The van der Waals surface area contributed by atoms with Crippen LogP contribution in [0.25, 0.3) is 0 Å². The number of nitrogens with zero attached hydrogens (tertiary/aromatic N) is 2. The molecule has 0 amide bonds. The Kier molecular flexibility index (Phi) is 5.78. The Balaban J connectivity index is 2.11. The van der Waals surface area contributed by atoms with Crippen molar-refractivity contribution < 1.29 is 4.74 Å². The third-order valence-corrected chi connectivity index (χ3v) is 4.78. The van der Waals surface area contributed by atoms with Gasteiger partial charge in [-0.2, -0.15) is 0 Å². The van der Waals surface area contributed by atoms with Crippen LogP contribution >= 0.6 is 27.7 Å². The van der Waals surface area contributed by atoms with E-state index < -0.39 is 0 Å². The SMILES string of the molecule is COc1nccnc1C(CSc1ccccc1Br)NN. The number of aromatic nitrogens is 2. The van der Waals surface area contributed by atoms with E-state index in [0.717, 1.165) is 9.37 Å². The molecule has 2 aromatic rings. The van der Waals surface area contributed by atoms with Gasteiger partial charge in [-0.25, -0.2) is 4.98 Å². The summed E-state index contributed by atoms with van der Waals surface area (Å²) in [5, 5.41) is 0. The molecule has 0 aliphatic rings. The molecule has 0 fully saturated rings. The van der Waals surface area contributed by atoms with Crippen molar-refractivity contribution in [2.24, 2.45) is 5.84 Å². The van der Waals surface area contributed by atoms with E-state index in [-0.39, 0.29) is 6.04 Å².